The maximum Gasteiger partial charge on any atom is 0.341 e. The average Bonchev–Trinajstić information content (AvgIpc) is 2.78. The third-order valence-electron chi connectivity index (χ3n) is 4.45. The van der Waals surface area contributed by atoms with Crippen molar-refractivity contribution >= 4 is 60.1 Å². The smallest absolute Gasteiger partial charge is 0.341 e. The van der Waals surface area contributed by atoms with Gasteiger partial charge in [-0.05, 0) is 52.0 Å². The summed E-state index contributed by atoms with van der Waals surface area (Å²) in [4.78, 5) is 26.3. The first-order valence-electron chi connectivity index (χ1n) is 7.70. The number of thiophene rings is 1. The van der Waals surface area contributed by atoms with Gasteiger partial charge in [0.05, 0.1) is 20.3 Å². The molecule has 1 amide bonds. The predicted molar refractivity (Wildman–Crippen MR) is 98.8 cm³/mol. The second-order valence-electron chi connectivity index (χ2n) is 6.68. The van der Waals surface area contributed by atoms with Crippen molar-refractivity contribution in [2.75, 3.05) is 5.32 Å². The molecule has 2 aliphatic carbocycles. The van der Waals surface area contributed by atoms with Gasteiger partial charge in [-0.15, -0.1) is 11.3 Å². The molecule has 4 nitrogen and oxygen atoms in total. The largest absolute Gasteiger partial charge is 0.459 e. The number of alkyl halides is 2. The maximum atomic E-state index is 12.6. The van der Waals surface area contributed by atoms with Crippen LogP contribution in [0.25, 0.3) is 0 Å². The van der Waals surface area contributed by atoms with E-state index in [-0.39, 0.29) is 21.2 Å². The molecule has 1 fully saturated rings. The van der Waals surface area contributed by atoms with Crippen molar-refractivity contribution in [3.05, 3.63) is 16.0 Å². The van der Waals surface area contributed by atoms with E-state index in [0.717, 1.165) is 24.8 Å². The minimum atomic E-state index is -0.513. The Morgan fingerprint density at radius 2 is 1.96 bits per heavy atom. The van der Waals surface area contributed by atoms with Gasteiger partial charge in [-0.25, -0.2) is 4.79 Å². The molecule has 1 heterocycles. The molecule has 2 aliphatic rings. The maximum absolute atomic E-state index is 12.6. The lowest BCUT2D eigenvalue weighted by molar-refractivity contribution is -0.120. The first-order chi connectivity index (χ1) is 10.7. The fourth-order valence-electron chi connectivity index (χ4n) is 2.87. The average molecular weight is 465 g/mol. The van der Waals surface area contributed by atoms with E-state index in [1.165, 1.54) is 16.2 Å². The number of halogens is 2. The number of ether oxygens (including phenoxy) is 1. The van der Waals surface area contributed by atoms with Gasteiger partial charge in [0.15, 0.2) is 0 Å². The van der Waals surface area contributed by atoms with Gasteiger partial charge >= 0.3 is 5.97 Å². The Morgan fingerprint density at radius 1 is 1.30 bits per heavy atom. The van der Waals surface area contributed by atoms with Crippen LogP contribution in [0.4, 0.5) is 5.00 Å². The quantitative estimate of drug-likeness (QED) is 0.521. The normalized spacial score (nSPS) is 24.4. The third-order valence-corrected chi connectivity index (χ3v) is 7.97. The van der Waals surface area contributed by atoms with Gasteiger partial charge in [0.2, 0.25) is 5.91 Å². The van der Waals surface area contributed by atoms with Crippen molar-refractivity contribution in [2.45, 2.75) is 55.8 Å². The zero-order valence-corrected chi connectivity index (χ0v) is 17.3. The standard InChI is InChI=1S/C16H19Br2NO3S/c1-8(2)22-13(20)11-9-5-4-6-10(9)23-12(11)19-14(21)15(3)7-16(15,17)18/h8H,4-7H2,1-3H3,(H,19,21). The van der Waals surface area contributed by atoms with E-state index in [1.54, 1.807) is 0 Å². The topological polar surface area (TPSA) is 55.4 Å². The number of hydrogen-bond acceptors (Lipinski definition) is 4. The summed E-state index contributed by atoms with van der Waals surface area (Å²) in [6.07, 6.45) is 3.43. The molecule has 1 saturated carbocycles. The van der Waals surface area contributed by atoms with E-state index in [0.29, 0.717) is 17.0 Å². The fraction of sp³-hybridized carbons (Fsp3) is 0.625. The highest BCUT2D eigenvalue weighted by Gasteiger charge is 2.66. The van der Waals surface area contributed by atoms with Crippen LogP contribution in [-0.2, 0) is 22.4 Å². The van der Waals surface area contributed by atoms with Crippen LogP contribution >= 0.6 is 43.2 Å². The summed E-state index contributed by atoms with van der Waals surface area (Å²) in [6.45, 7) is 5.56. The Bertz CT molecular complexity index is 683. The number of aryl methyl sites for hydroxylation is 1. The van der Waals surface area contributed by atoms with Crippen LogP contribution in [0.2, 0.25) is 0 Å². The first kappa shape index (κ1) is 17.4. The van der Waals surface area contributed by atoms with Gasteiger partial charge < -0.3 is 10.1 Å². The molecule has 7 heteroatoms. The highest BCUT2D eigenvalue weighted by molar-refractivity contribution is 9.25. The van der Waals surface area contributed by atoms with Gasteiger partial charge in [0, 0.05) is 4.88 Å². The van der Waals surface area contributed by atoms with Crippen molar-refractivity contribution < 1.29 is 14.3 Å². The number of carbonyl (C=O) groups excluding carboxylic acids is 2. The molecule has 23 heavy (non-hydrogen) atoms. The predicted octanol–water partition coefficient (Wildman–Crippen LogP) is 4.64. The highest BCUT2D eigenvalue weighted by Crippen LogP contribution is 2.66. The second kappa shape index (κ2) is 5.85. The molecular weight excluding hydrogens is 446 g/mol. The summed E-state index contributed by atoms with van der Waals surface area (Å²) in [5.41, 5.74) is 1.10. The highest BCUT2D eigenvalue weighted by atomic mass is 79.9. The molecular formula is C16H19Br2NO3S. The number of nitrogens with one attached hydrogen (secondary N) is 1. The Balaban J connectivity index is 1.88. The summed E-state index contributed by atoms with van der Waals surface area (Å²) in [5.74, 6) is -0.413. The van der Waals surface area contributed by atoms with Gasteiger partial charge in [0.1, 0.15) is 5.00 Å². The van der Waals surface area contributed by atoms with E-state index >= 15 is 0 Å². The molecule has 0 radical (unpaired) electrons. The Morgan fingerprint density at radius 3 is 2.52 bits per heavy atom. The van der Waals surface area contributed by atoms with Crippen LogP contribution in [0, 0.1) is 5.41 Å². The molecule has 1 atom stereocenters. The SMILES string of the molecule is CC(C)OC(=O)c1c(NC(=O)C2(C)CC2(Br)Br)sc2c1CCC2. The first-order valence-corrected chi connectivity index (χ1v) is 10.1. The minimum Gasteiger partial charge on any atom is -0.459 e. The van der Waals surface area contributed by atoms with Crippen molar-refractivity contribution in [3.63, 3.8) is 0 Å². The van der Waals surface area contributed by atoms with Gasteiger partial charge in [0.25, 0.3) is 0 Å². The number of amides is 1. The molecule has 1 aromatic rings. The summed E-state index contributed by atoms with van der Waals surface area (Å²) in [5, 5.41) is 3.60. The van der Waals surface area contributed by atoms with Crippen LogP contribution in [0.3, 0.4) is 0 Å². The van der Waals surface area contributed by atoms with E-state index in [1.807, 2.05) is 20.8 Å². The lowest BCUT2D eigenvalue weighted by atomic mass is 10.1. The molecule has 0 spiro atoms. The van der Waals surface area contributed by atoms with Crippen LogP contribution < -0.4 is 5.32 Å². The van der Waals surface area contributed by atoms with E-state index in [2.05, 4.69) is 37.2 Å². The fourth-order valence-corrected chi connectivity index (χ4v) is 5.62. The Hall–Kier alpha value is -0.400. The number of rotatable bonds is 4. The number of anilines is 1. The number of carbonyl (C=O) groups is 2. The zero-order chi connectivity index (χ0) is 17.0. The van der Waals surface area contributed by atoms with Crippen molar-refractivity contribution in [2.24, 2.45) is 5.41 Å². The summed E-state index contributed by atoms with van der Waals surface area (Å²) in [6, 6.07) is 0. The molecule has 1 aromatic heterocycles. The van der Waals surface area contributed by atoms with E-state index in [4.69, 9.17) is 4.74 Å². The summed E-state index contributed by atoms with van der Waals surface area (Å²) < 4.78 is 5.03. The number of hydrogen-bond donors (Lipinski definition) is 1. The summed E-state index contributed by atoms with van der Waals surface area (Å²) in [7, 11) is 0. The zero-order valence-electron chi connectivity index (χ0n) is 13.3. The monoisotopic (exact) mass is 463 g/mol. The lowest BCUT2D eigenvalue weighted by Crippen LogP contribution is -2.26. The Labute approximate surface area is 156 Å². The van der Waals surface area contributed by atoms with Crippen molar-refractivity contribution in [1.29, 1.82) is 0 Å². The van der Waals surface area contributed by atoms with E-state index in [9.17, 15) is 9.59 Å². The molecule has 3 rings (SSSR count). The molecule has 0 aromatic carbocycles. The van der Waals surface area contributed by atoms with Crippen molar-refractivity contribution in [3.8, 4) is 0 Å². The van der Waals surface area contributed by atoms with Gasteiger partial charge in [-0.1, -0.05) is 31.9 Å². The molecule has 0 saturated heterocycles. The molecule has 0 aliphatic heterocycles. The lowest BCUT2D eigenvalue weighted by Gasteiger charge is -2.14. The molecule has 1 N–H and O–H groups in total. The second-order valence-corrected chi connectivity index (χ2v) is 11.6. The van der Waals surface area contributed by atoms with Gasteiger partial charge in [-0.2, -0.15) is 0 Å². The molecule has 1 unspecified atom stereocenters. The Kier molecular flexibility index (Phi) is 4.43. The van der Waals surface area contributed by atoms with Gasteiger partial charge in [-0.3, -0.25) is 4.79 Å². The van der Waals surface area contributed by atoms with Crippen LogP contribution in [-0.4, -0.2) is 21.2 Å². The van der Waals surface area contributed by atoms with E-state index < -0.39 is 5.41 Å². The third kappa shape index (κ3) is 3.00. The van der Waals surface area contributed by atoms with Crippen molar-refractivity contribution in [1.82, 2.24) is 0 Å². The number of esters is 1. The van der Waals surface area contributed by atoms with Crippen LogP contribution in [0.1, 0.15) is 54.4 Å². The molecule has 0 bridgehead atoms. The summed E-state index contributed by atoms with van der Waals surface area (Å²) >= 11 is 8.54. The van der Waals surface area contributed by atoms with Crippen LogP contribution in [0.15, 0.2) is 0 Å². The minimum absolute atomic E-state index is 0.0789. The number of fused-ring (bicyclic) bond motifs is 1. The van der Waals surface area contributed by atoms with Crippen LogP contribution in [0.5, 0.6) is 0 Å². The molecule has 126 valence electrons.